The number of rotatable bonds is 4. The number of Topliss-reactive ketones (excluding diaryl/α,β-unsaturated/α-hetero) is 1. The Kier molecular flexibility index (Phi) is 3.95. The average Bonchev–Trinajstić information content (AvgIpc) is 3.06. The fourth-order valence-corrected chi connectivity index (χ4v) is 4.72. The van der Waals surface area contributed by atoms with E-state index in [2.05, 4.69) is 0 Å². The average molecular weight is 319 g/mol. The van der Waals surface area contributed by atoms with Gasteiger partial charge in [0, 0.05) is 12.2 Å². The minimum absolute atomic E-state index is 0.0290. The van der Waals surface area contributed by atoms with Crippen LogP contribution >= 0.6 is 11.8 Å². The molecule has 1 aromatic carbocycles. The fourth-order valence-electron chi connectivity index (χ4n) is 3.09. The number of hydrogen-bond acceptors (Lipinski definition) is 5. The summed E-state index contributed by atoms with van der Waals surface area (Å²) in [7, 11) is 0. The van der Waals surface area contributed by atoms with Gasteiger partial charge in [-0.2, -0.15) is 0 Å². The minimum atomic E-state index is -0.612. The van der Waals surface area contributed by atoms with Crippen LogP contribution < -0.4 is 0 Å². The van der Waals surface area contributed by atoms with Crippen molar-refractivity contribution < 1.29 is 19.1 Å². The molecule has 0 bridgehead atoms. The van der Waals surface area contributed by atoms with Crippen LogP contribution in [-0.2, 0) is 24.0 Å². The van der Waals surface area contributed by atoms with Gasteiger partial charge in [-0.25, -0.2) is 4.79 Å². The lowest BCUT2D eigenvalue weighted by Gasteiger charge is -2.33. The molecule has 2 fully saturated rings. The molecule has 0 aromatic heterocycles. The van der Waals surface area contributed by atoms with Gasteiger partial charge >= 0.3 is 5.97 Å². The van der Waals surface area contributed by atoms with Crippen LogP contribution in [0, 0.1) is 0 Å². The largest absolute Gasteiger partial charge is 0.456 e. The van der Waals surface area contributed by atoms with Gasteiger partial charge in [0.05, 0.1) is 0 Å². The zero-order valence-electron chi connectivity index (χ0n) is 12.3. The molecule has 2 atom stereocenters. The van der Waals surface area contributed by atoms with Crippen molar-refractivity contribution in [2.75, 3.05) is 12.4 Å². The Morgan fingerprint density at radius 3 is 2.77 bits per heavy atom. The number of ether oxygens (including phenoxy) is 1. The van der Waals surface area contributed by atoms with Gasteiger partial charge < -0.3 is 9.64 Å². The molecular formula is C16H17NO4S. The molecule has 0 aliphatic carbocycles. The second-order valence-corrected chi connectivity index (χ2v) is 6.85. The van der Waals surface area contributed by atoms with Crippen molar-refractivity contribution in [1.29, 1.82) is 0 Å². The molecule has 2 aliphatic heterocycles. The smallest absolute Gasteiger partial charge is 0.330 e. The summed E-state index contributed by atoms with van der Waals surface area (Å²) in [6.07, 6.45) is 1.12. The van der Waals surface area contributed by atoms with Gasteiger partial charge in [0.2, 0.25) is 5.91 Å². The first-order valence-corrected chi connectivity index (χ1v) is 8.21. The lowest BCUT2D eigenvalue weighted by Crippen LogP contribution is -2.46. The Balaban J connectivity index is 1.87. The topological polar surface area (TPSA) is 63.7 Å². The van der Waals surface area contributed by atoms with Crippen molar-refractivity contribution in [2.24, 2.45) is 0 Å². The van der Waals surface area contributed by atoms with Crippen molar-refractivity contribution in [3.05, 3.63) is 35.9 Å². The minimum Gasteiger partial charge on any atom is -0.456 e. The molecule has 2 saturated heterocycles. The van der Waals surface area contributed by atoms with Gasteiger partial charge in [-0.05, 0) is 18.9 Å². The Morgan fingerprint density at radius 2 is 2.09 bits per heavy atom. The quantitative estimate of drug-likeness (QED) is 0.791. The molecule has 0 spiro atoms. The van der Waals surface area contributed by atoms with Crippen molar-refractivity contribution >= 4 is 29.4 Å². The van der Waals surface area contributed by atoms with Crippen LogP contribution in [0.2, 0.25) is 0 Å². The van der Waals surface area contributed by atoms with E-state index in [1.807, 2.05) is 30.3 Å². The summed E-state index contributed by atoms with van der Waals surface area (Å²) < 4.78 is 5.03. The summed E-state index contributed by atoms with van der Waals surface area (Å²) in [4.78, 5) is 36.7. The van der Waals surface area contributed by atoms with Crippen LogP contribution in [0.3, 0.4) is 0 Å². The lowest BCUT2D eigenvalue weighted by molar-refractivity contribution is -0.155. The maximum atomic E-state index is 12.3. The molecule has 0 N–H and O–H groups in total. The predicted molar refractivity (Wildman–Crippen MR) is 82.1 cm³/mol. The molecule has 0 saturated carbocycles. The molecule has 22 heavy (non-hydrogen) atoms. The third kappa shape index (κ3) is 2.41. The van der Waals surface area contributed by atoms with Crippen LogP contribution in [0.15, 0.2) is 30.3 Å². The highest BCUT2D eigenvalue weighted by Gasteiger charge is 2.57. The highest BCUT2D eigenvalue weighted by Crippen LogP contribution is 2.54. The first-order chi connectivity index (χ1) is 10.5. The SMILES string of the molecule is CC(=O)COC(=O)[C@H]1CS[C@@]2(c3ccccc3)CCC(=O)N12. The number of thioether (sulfide) groups is 1. The van der Waals surface area contributed by atoms with Crippen LogP contribution in [0.25, 0.3) is 0 Å². The number of esters is 1. The fraction of sp³-hybridized carbons (Fsp3) is 0.438. The van der Waals surface area contributed by atoms with Gasteiger partial charge in [0.15, 0.2) is 5.78 Å². The number of nitrogens with zero attached hydrogens (tertiary/aromatic N) is 1. The summed E-state index contributed by atoms with van der Waals surface area (Å²) in [6.45, 7) is 1.13. The molecule has 2 aliphatic rings. The molecule has 5 nitrogen and oxygen atoms in total. The summed E-state index contributed by atoms with van der Waals surface area (Å²) in [5.41, 5.74) is 1.03. The van der Waals surface area contributed by atoms with E-state index in [1.54, 1.807) is 16.7 Å². The number of amides is 1. The predicted octanol–water partition coefficient (Wildman–Crippen LogP) is 1.71. The molecule has 0 unspecified atom stereocenters. The van der Waals surface area contributed by atoms with Crippen molar-refractivity contribution in [3.63, 3.8) is 0 Å². The molecule has 0 radical (unpaired) electrons. The Bertz CT molecular complexity index is 618. The standard InChI is InChI=1S/C16H17NO4S/c1-11(18)9-21-15(20)13-10-22-16(8-7-14(19)17(13)16)12-5-3-2-4-6-12/h2-6,13H,7-10H2,1H3/t13-,16-/m1/s1. The third-order valence-electron chi connectivity index (χ3n) is 4.04. The van der Waals surface area contributed by atoms with Gasteiger partial charge in [-0.15, -0.1) is 11.8 Å². The van der Waals surface area contributed by atoms with E-state index < -0.39 is 16.9 Å². The summed E-state index contributed by atoms with van der Waals surface area (Å²) in [5, 5.41) is 0. The summed E-state index contributed by atoms with van der Waals surface area (Å²) >= 11 is 1.61. The molecule has 2 heterocycles. The normalized spacial score (nSPS) is 26.9. The van der Waals surface area contributed by atoms with E-state index in [9.17, 15) is 14.4 Å². The first kappa shape index (κ1) is 15.1. The second kappa shape index (κ2) is 5.76. The zero-order valence-corrected chi connectivity index (χ0v) is 13.1. The zero-order chi connectivity index (χ0) is 15.7. The van der Waals surface area contributed by atoms with Gasteiger partial charge in [-0.3, -0.25) is 9.59 Å². The van der Waals surface area contributed by atoms with E-state index in [-0.39, 0.29) is 18.3 Å². The number of carbonyl (C=O) groups excluding carboxylic acids is 3. The molecular weight excluding hydrogens is 302 g/mol. The number of fused-ring (bicyclic) bond motifs is 1. The highest BCUT2D eigenvalue weighted by molar-refractivity contribution is 8.00. The van der Waals surface area contributed by atoms with E-state index in [1.165, 1.54) is 6.92 Å². The molecule has 116 valence electrons. The van der Waals surface area contributed by atoms with Gasteiger partial charge in [0.1, 0.15) is 17.5 Å². The Labute approximate surface area is 133 Å². The van der Waals surface area contributed by atoms with Crippen molar-refractivity contribution in [1.82, 2.24) is 4.90 Å². The molecule has 3 rings (SSSR count). The van der Waals surface area contributed by atoms with E-state index in [0.717, 1.165) is 5.56 Å². The van der Waals surface area contributed by atoms with Crippen molar-refractivity contribution in [3.8, 4) is 0 Å². The van der Waals surface area contributed by atoms with Crippen LogP contribution in [0.4, 0.5) is 0 Å². The van der Waals surface area contributed by atoms with Crippen molar-refractivity contribution in [2.45, 2.75) is 30.7 Å². The van der Waals surface area contributed by atoms with E-state index >= 15 is 0 Å². The number of carbonyl (C=O) groups is 3. The Hall–Kier alpha value is -1.82. The third-order valence-corrected chi connectivity index (χ3v) is 5.64. The Morgan fingerprint density at radius 1 is 1.36 bits per heavy atom. The maximum absolute atomic E-state index is 12.3. The van der Waals surface area contributed by atoms with Crippen LogP contribution in [-0.4, -0.2) is 41.0 Å². The van der Waals surface area contributed by atoms with Crippen LogP contribution in [0.1, 0.15) is 25.3 Å². The molecule has 6 heteroatoms. The van der Waals surface area contributed by atoms with E-state index in [4.69, 9.17) is 4.74 Å². The number of ketones is 1. The summed E-state index contributed by atoms with van der Waals surface area (Å²) in [6, 6.07) is 9.17. The maximum Gasteiger partial charge on any atom is 0.330 e. The lowest BCUT2D eigenvalue weighted by atomic mass is 10.0. The monoisotopic (exact) mass is 319 g/mol. The van der Waals surface area contributed by atoms with Gasteiger partial charge in [0.25, 0.3) is 0 Å². The van der Waals surface area contributed by atoms with Gasteiger partial charge in [-0.1, -0.05) is 30.3 Å². The summed E-state index contributed by atoms with van der Waals surface area (Å²) in [5.74, 6) is -0.229. The van der Waals surface area contributed by atoms with Crippen LogP contribution in [0.5, 0.6) is 0 Å². The second-order valence-electron chi connectivity index (χ2n) is 5.55. The number of benzene rings is 1. The highest BCUT2D eigenvalue weighted by atomic mass is 32.2. The molecule has 1 amide bonds. The first-order valence-electron chi connectivity index (χ1n) is 7.22. The molecule has 1 aromatic rings. The van der Waals surface area contributed by atoms with E-state index in [0.29, 0.717) is 18.6 Å². The number of hydrogen-bond donors (Lipinski definition) is 0.